The minimum absolute atomic E-state index is 0.0252. The molecule has 136 valence electrons. The number of anilines is 1. The Kier molecular flexibility index (Phi) is 4.46. The van der Waals surface area contributed by atoms with Gasteiger partial charge in [0.15, 0.2) is 0 Å². The molecule has 1 unspecified atom stereocenters. The molecule has 1 aromatic heterocycles. The molecule has 2 aromatic rings. The van der Waals surface area contributed by atoms with Crippen molar-refractivity contribution in [2.75, 3.05) is 5.32 Å². The van der Waals surface area contributed by atoms with Crippen LogP contribution in [0.25, 0.3) is 0 Å². The molecular weight excluding hydrogens is 332 g/mol. The lowest BCUT2D eigenvalue weighted by Gasteiger charge is -2.19. The third kappa shape index (κ3) is 3.48. The number of benzene rings is 1. The fraction of sp³-hybridized carbons (Fsp3) is 0.421. The zero-order chi connectivity index (χ0) is 18.1. The van der Waals surface area contributed by atoms with E-state index in [0.717, 1.165) is 12.1 Å². The number of rotatable bonds is 4. The summed E-state index contributed by atoms with van der Waals surface area (Å²) in [5.41, 5.74) is 2.24. The van der Waals surface area contributed by atoms with Gasteiger partial charge in [0.2, 0.25) is 5.91 Å². The Hall–Kier alpha value is -2.67. The number of hydrogen-bond donors (Lipinski definition) is 3. The Morgan fingerprint density at radius 2 is 2.23 bits per heavy atom. The minimum atomic E-state index is -0.558. The number of hydrogen-bond acceptors (Lipinski definition) is 4. The smallest absolute Gasteiger partial charge is 0.251 e. The molecule has 7 nitrogen and oxygen atoms in total. The first-order valence-electron chi connectivity index (χ1n) is 8.97. The number of aliphatic hydroxyl groups is 1. The maximum Gasteiger partial charge on any atom is 0.251 e. The first kappa shape index (κ1) is 16.8. The molecule has 2 aliphatic rings. The molecule has 3 atom stereocenters. The molecule has 1 aliphatic heterocycles. The molecule has 0 saturated heterocycles. The maximum absolute atomic E-state index is 12.6. The van der Waals surface area contributed by atoms with E-state index in [4.69, 9.17) is 0 Å². The van der Waals surface area contributed by atoms with Gasteiger partial charge in [-0.05, 0) is 48.9 Å². The van der Waals surface area contributed by atoms with E-state index in [1.807, 2.05) is 23.0 Å². The van der Waals surface area contributed by atoms with Crippen LogP contribution < -0.4 is 10.6 Å². The van der Waals surface area contributed by atoms with Crippen molar-refractivity contribution in [3.63, 3.8) is 0 Å². The zero-order valence-corrected chi connectivity index (χ0v) is 14.4. The number of nitrogens with zero attached hydrogens (tertiary/aromatic N) is 2. The second-order valence-corrected chi connectivity index (χ2v) is 7.13. The Bertz CT molecular complexity index is 818. The molecule has 4 rings (SSSR count). The number of amides is 2. The van der Waals surface area contributed by atoms with Crippen LogP contribution in [0.4, 0.5) is 5.69 Å². The first-order chi connectivity index (χ1) is 12.6. The van der Waals surface area contributed by atoms with Crippen molar-refractivity contribution in [1.82, 2.24) is 15.1 Å². The van der Waals surface area contributed by atoms with Crippen LogP contribution in [-0.4, -0.2) is 38.8 Å². The number of carbonyl (C=O) groups excluding carboxylic acids is 2. The van der Waals surface area contributed by atoms with Crippen LogP contribution in [0.1, 0.15) is 35.2 Å². The van der Waals surface area contributed by atoms with Crippen LogP contribution in [-0.2, 0) is 17.8 Å². The van der Waals surface area contributed by atoms with Gasteiger partial charge < -0.3 is 15.7 Å². The molecule has 2 amide bonds. The van der Waals surface area contributed by atoms with Crippen LogP contribution in [0.5, 0.6) is 0 Å². The van der Waals surface area contributed by atoms with E-state index in [-0.39, 0.29) is 23.8 Å². The van der Waals surface area contributed by atoms with Gasteiger partial charge in [-0.25, -0.2) is 0 Å². The third-order valence-electron chi connectivity index (χ3n) is 5.22. The lowest BCUT2D eigenvalue weighted by molar-refractivity contribution is -0.116. The molecule has 1 saturated carbocycles. The number of carbonyl (C=O) groups is 2. The third-order valence-corrected chi connectivity index (χ3v) is 5.22. The fourth-order valence-electron chi connectivity index (χ4n) is 3.86. The summed E-state index contributed by atoms with van der Waals surface area (Å²) in [4.78, 5) is 24.1. The van der Waals surface area contributed by atoms with E-state index in [1.54, 1.807) is 18.3 Å². The van der Waals surface area contributed by atoms with Crippen molar-refractivity contribution >= 4 is 17.5 Å². The summed E-state index contributed by atoms with van der Waals surface area (Å²) in [7, 11) is 0. The highest BCUT2D eigenvalue weighted by atomic mass is 16.3. The Balaban J connectivity index is 1.40. The predicted molar refractivity (Wildman–Crippen MR) is 95.6 cm³/mol. The highest BCUT2D eigenvalue weighted by Gasteiger charge is 2.34. The van der Waals surface area contributed by atoms with Crippen molar-refractivity contribution in [1.29, 1.82) is 0 Å². The largest absolute Gasteiger partial charge is 0.391 e. The normalized spacial score (nSPS) is 24.8. The van der Waals surface area contributed by atoms with Crippen molar-refractivity contribution in [2.45, 2.75) is 44.4 Å². The van der Waals surface area contributed by atoms with Crippen LogP contribution in [0.2, 0.25) is 0 Å². The van der Waals surface area contributed by atoms with Crippen molar-refractivity contribution in [3.8, 4) is 0 Å². The number of nitrogens with one attached hydrogen (secondary N) is 2. The van der Waals surface area contributed by atoms with Crippen LogP contribution >= 0.6 is 0 Å². The number of aromatic nitrogens is 2. The minimum Gasteiger partial charge on any atom is -0.391 e. The molecular formula is C19H22N4O3. The quantitative estimate of drug-likeness (QED) is 0.772. The van der Waals surface area contributed by atoms with E-state index in [9.17, 15) is 14.7 Å². The standard InChI is InChI=1S/C19H22N4O3/c24-17-9-12(11-23-7-1-6-20-23)8-16(17)22-19(26)14-3-2-13-4-5-18(25)21-15(13)10-14/h1-3,6-7,10,12,16-17,24H,4-5,8-9,11H2,(H,21,25)(H,22,26)/t12?,16-,17-/m1/s1. The average molecular weight is 354 g/mol. The summed E-state index contributed by atoms with van der Waals surface area (Å²) < 4.78 is 1.85. The molecule has 0 bridgehead atoms. The van der Waals surface area contributed by atoms with Gasteiger partial charge in [0.05, 0.1) is 12.1 Å². The second kappa shape index (κ2) is 6.92. The van der Waals surface area contributed by atoms with E-state index in [2.05, 4.69) is 15.7 Å². The lowest BCUT2D eigenvalue weighted by atomic mass is 10.0. The Morgan fingerprint density at radius 1 is 1.35 bits per heavy atom. The molecule has 3 N–H and O–H groups in total. The summed E-state index contributed by atoms with van der Waals surface area (Å²) in [6, 6.07) is 6.97. The lowest BCUT2D eigenvalue weighted by Crippen LogP contribution is -2.40. The predicted octanol–water partition coefficient (Wildman–Crippen LogP) is 1.34. The molecule has 1 aromatic carbocycles. The summed E-state index contributed by atoms with van der Waals surface area (Å²) in [6.45, 7) is 0.737. The highest BCUT2D eigenvalue weighted by Crippen LogP contribution is 2.28. The van der Waals surface area contributed by atoms with Crippen molar-refractivity contribution in [2.24, 2.45) is 5.92 Å². The SMILES string of the molecule is O=C1CCc2ccc(C(=O)N[C@@H]3CC(Cn4cccn4)C[C@H]3O)cc2N1. The molecule has 1 fully saturated rings. The molecule has 7 heteroatoms. The van der Waals surface area contributed by atoms with Crippen molar-refractivity contribution in [3.05, 3.63) is 47.8 Å². The van der Waals surface area contributed by atoms with E-state index in [1.165, 1.54) is 0 Å². The Labute approximate surface area is 151 Å². The van der Waals surface area contributed by atoms with Gasteiger partial charge >= 0.3 is 0 Å². The van der Waals surface area contributed by atoms with Gasteiger partial charge in [0.1, 0.15) is 0 Å². The van der Waals surface area contributed by atoms with Crippen LogP contribution in [0.15, 0.2) is 36.7 Å². The summed E-state index contributed by atoms with van der Waals surface area (Å²) in [5.74, 6) is 0.0252. The fourth-order valence-corrected chi connectivity index (χ4v) is 3.86. The Morgan fingerprint density at radius 3 is 3.04 bits per heavy atom. The molecule has 2 heterocycles. The van der Waals surface area contributed by atoms with Crippen molar-refractivity contribution < 1.29 is 14.7 Å². The highest BCUT2D eigenvalue weighted by molar-refractivity contribution is 5.99. The number of fused-ring (bicyclic) bond motifs is 1. The summed E-state index contributed by atoms with van der Waals surface area (Å²) >= 11 is 0. The molecule has 26 heavy (non-hydrogen) atoms. The number of aryl methyl sites for hydroxylation is 1. The van der Waals surface area contributed by atoms with Gasteiger partial charge in [0.25, 0.3) is 5.91 Å². The molecule has 0 radical (unpaired) electrons. The zero-order valence-electron chi connectivity index (χ0n) is 14.4. The molecule has 1 aliphatic carbocycles. The molecule has 0 spiro atoms. The van der Waals surface area contributed by atoms with Gasteiger partial charge in [-0.3, -0.25) is 14.3 Å². The van der Waals surface area contributed by atoms with Gasteiger partial charge in [0, 0.05) is 36.6 Å². The van der Waals surface area contributed by atoms with E-state index < -0.39 is 6.10 Å². The summed E-state index contributed by atoms with van der Waals surface area (Å²) in [5, 5.41) is 20.3. The van der Waals surface area contributed by atoms with E-state index in [0.29, 0.717) is 36.9 Å². The maximum atomic E-state index is 12.6. The van der Waals surface area contributed by atoms with Gasteiger partial charge in [-0.2, -0.15) is 5.10 Å². The van der Waals surface area contributed by atoms with E-state index >= 15 is 0 Å². The monoisotopic (exact) mass is 354 g/mol. The van der Waals surface area contributed by atoms with Gasteiger partial charge in [-0.15, -0.1) is 0 Å². The number of aliphatic hydroxyl groups excluding tert-OH is 1. The second-order valence-electron chi connectivity index (χ2n) is 7.13. The van der Waals surface area contributed by atoms with Crippen LogP contribution in [0.3, 0.4) is 0 Å². The van der Waals surface area contributed by atoms with Crippen LogP contribution in [0, 0.1) is 5.92 Å². The topological polar surface area (TPSA) is 96.2 Å². The summed E-state index contributed by atoms with van der Waals surface area (Å²) in [6.07, 6.45) is 5.61. The first-order valence-corrected chi connectivity index (χ1v) is 8.97. The van der Waals surface area contributed by atoms with Gasteiger partial charge in [-0.1, -0.05) is 6.07 Å². The average Bonchev–Trinajstić information content (AvgIpc) is 3.24.